The summed E-state index contributed by atoms with van der Waals surface area (Å²) in [5.74, 6) is 1.44. The molecular formula is C16H23NO4. The van der Waals surface area contributed by atoms with Gasteiger partial charge in [0.25, 0.3) is 5.91 Å². The summed E-state index contributed by atoms with van der Waals surface area (Å²) in [6.07, 6.45) is 0.922. The zero-order chi connectivity index (χ0) is 15.4. The first-order chi connectivity index (χ1) is 10.1. The van der Waals surface area contributed by atoms with E-state index in [-0.39, 0.29) is 18.6 Å². The van der Waals surface area contributed by atoms with Crippen molar-refractivity contribution in [2.45, 2.75) is 26.3 Å². The zero-order valence-corrected chi connectivity index (χ0v) is 12.8. The molecule has 0 aliphatic carbocycles. The molecule has 1 aromatic rings. The van der Waals surface area contributed by atoms with Gasteiger partial charge in [0.15, 0.2) is 11.5 Å². The van der Waals surface area contributed by atoms with Crippen molar-refractivity contribution in [3.8, 4) is 11.5 Å². The molecule has 1 aliphatic rings. The average Bonchev–Trinajstić information content (AvgIpc) is 2.87. The number of benzene rings is 1. The molecule has 0 spiro atoms. The van der Waals surface area contributed by atoms with Crippen molar-refractivity contribution >= 4 is 5.91 Å². The van der Waals surface area contributed by atoms with E-state index >= 15 is 0 Å². The summed E-state index contributed by atoms with van der Waals surface area (Å²) in [4.78, 5) is 14.4. The minimum Gasteiger partial charge on any atom is -0.493 e. The summed E-state index contributed by atoms with van der Waals surface area (Å²) in [6, 6.07) is 5.09. The van der Waals surface area contributed by atoms with Gasteiger partial charge in [-0.25, -0.2) is 0 Å². The van der Waals surface area contributed by atoms with Crippen molar-refractivity contribution < 1.29 is 19.4 Å². The summed E-state index contributed by atoms with van der Waals surface area (Å²) >= 11 is 0. The number of ether oxygens (including phenoxy) is 2. The third-order valence-electron chi connectivity index (χ3n) is 4.04. The van der Waals surface area contributed by atoms with Gasteiger partial charge in [-0.1, -0.05) is 6.92 Å². The Morgan fingerprint density at radius 3 is 2.81 bits per heavy atom. The number of carbonyl (C=O) groups excluding carboxylic acids is 1. The highest BCUT2D eigenvalue weighted by molar-refractivity contribution is 5.95. The molecule has 0 radical (unpaired) electrons. The van der Waals surface area contributed by atoms with E-state index in [1.807, 2.05) is 6.92 Å². The van der Waals surface area contributed by atoms with Crippen LogP contribution in [-0.2, 0) is 0 Å². The molecule has 5 nitrogen and oxygen atoms in total. The molecule has 1 amide bonds. The molecule has 116 valence electrons. The van der Waals surface area contributed by atoms with Crippen molar-refractivity contribution in [3.05, 3.63) is 23.8 Å². The van der Waals surface area contributed by atoms with E-state index < -0.39 is 0 Å². The average molecular weight is 293 g/mol. The number of carbonyl (C=O) groups is 1. The summed E-state index contributed by atoms with van der Waals surface area (Å²) in [5, 5.41) is 9.49. The van der Waals surface area contributed by atoms with Gasteiger partial charge in [0.1, 0.15) is 0 Å². The largest absolute Gasteiger partial charge is 0.493 e. The molecule has 21 heavy (non-hydrogen) atoms. The van der Waals surface area contributed by atoms with Crippen molar-refractivity contribution in [1.29, 1.82) is 0 Å². The van der Waals surface area contributed by atoms with Crippen LogP contribution in [0.3, 0.4) is 0 Å². The smallest absolute Gasteiger partial charge is 0.254 e. The van der Waals surface area contributed by atoms with Crippen LogP contribution in [-0.4, -0.2) is 48.8 Å². The Labute approximate surface area is 125 Å². The molecule has 1 fully saturated rings. The molecular weight excluding hydrogens is 270 g/mol. The lowest BCUT2D eigenvalue weighted by atomic mass is 10.0. The van der Waals surface area contributed by atoms with E-state index in [1.165, 1.54) is 0 Å². The van der Waals surface area contributed by atoms with Gasteiger partial charge in [0.05, 0.1) is 26.4 Å². The Morgan fingerprint density at radius 1 is 1.43 bits per heavy atom. The third-order valence-corrected chi connectivity index (χ3v) is 4.04. The minimum absolute atomic E-state index is 0.00137. The van der Waals surface area contributed by atoms with Crippen LogP contribution >= 0.6 is 0 Å². The standard InChI is InChI=1S/C16H23NO4/c1-4-21-15-9-12(5-6-14(15)20-3)16(19)17-8-7-11(2)13(17)10-18/h5-6,9,11,13,18H,4,7-8,10H2,1-3H3. The normalized spacial score (nSPS) is 21.4. The topological polar surface area (TPSA) is 59.0 Å². The lowest BCUT2D eigenvalue weighted by Gasteiger charge is -2.25. The Bertz CT molecular complexity index is 503. The fourth-order valence-corrected chi connectivity index (χ4v) is 2.78. The van der Waals surface area contributed by atoms with Crippen molar-refractivity contribution in [3.63, 3.8) is 0 Å². The molecule has 1 aromatic carbocycles. The Morgan fingerprint density at radius 2 is 2.19 bits per heavy atom. The Hall–Kier alpha value is -1.75. The number of hydrogen-bond donors (Lipinski definition) is 1. The summed E-state index contributed by atoms with van der Waals surface area (Å²) < 4.78 is 10.7. The van der Waals surface area contributed by atoms with Crippen molar-refractivity contribution in [1.82, 2.24) is 4.90 Å². The zero-order valence-electron chi connectivity index (χ0n) is 12.8. The molecule has 2 rings (SSSR count). The van der Waals surface area contributed by atoms with Crippen LogP contribution in [0.25, 0.3) is 0 Å². The molecule has 2 atom stereocenters. The van der Waals surface area contributed by atoms with E-state index in [2.05, 4.69) is 6.92 Å². The quantitative estimate of drug-likeness (QED) is 0.901. The van der Waals surface area contributed by atoms with Gasteiger partial charge in [-0.15, -0.1) is 0 Å². The van der Waals surface area contributed by atoms with E-state index in [0.717, 1.165) is 6.42 Å². The highest BCUT2D eigenvalue weighted by Crippen LogP contribution is 2.30. The summed E-state index contributed by atoms with van der Waals surface area (Å²) in [6.45, 7) is 5.14. The highest BCUT2D eigenvalue weighted by atomic mass is 16.5. The number of aliphatic hydroxyl groups is 1. The van der Waals surface area contributed by atoms with Crippen LogP contribution in [0.5, 0.6) is 11.5 Å². The Balaban J connectivity index is 2.25. The van der Waals surface area contributed by atoms with Crippen molar-refractivity contribution in [2.75, 3.05) is 26.9 Å². The van der Waals surface area contributed by atoms with E-state index in [0.29, 0.717) is 36.1 Å². The first-order valence-corrected chi connectivity index (χ1v) is 7.35. The SMILES string of the molecule is CCOc1cc(C(=O)N2CCC(C)C2CO)ccc1OC. The van der Waals surface area contributed by atoms with E-state index in [1.54, 1.807) is 30.2 Å². The molecule has 2 unspecified atom stereocenters. The van der Waals surface area contributed by atoms with Gasteiger partial charge in [-0.3, -0.25) is 4.79 Å². The second-order valence-corrected chi connectivity index (χ2v) is 5.31. The lowest BCUT2D eigenvalue weighted by molar-refractivity contribution is 0.0647. The van der Waals surface area contributed by atoms with Crippen LogP contribution in [0.15, 0.2) is 18.2 Å². The van der Waals surface area contributed by atoms with Gasteiger partial charge in [0, 0.05) is 12.1 Å². The van der Waals surface area contributed by atoms with E-state index in [9.17, 15) is 9.90 Å². The fourth-order valence-electron chi connectivity index (χ4n) is 2.78. The third kappa shape index (κ3) is 3.13. The number of methoxy groups -OCH3 is 1. The lowest BCUT2D eigenvalue weighted by Crippen LogP contribution is -2.39. The van der Waals surface area contributed by atoms with Gasteiger partial charge < -0.3 is 19.5 Å². The van der Waals surface area contributed by atoms with Crippen molar-refractivity contribution in [2.24, 2.45) is 5.92 Å². The second-order valence-electron chi connectivity index (χ2n) is 5.31. The summed E-state index contributed by atoms with van der Waals surface area (Å²) in [5.41, 5.74) is 0.562. The van der Waals surface area contributed by atoms with Crippen LogP contribution in [0.2, 0.25) is 0 Å². The molecule has 1 heterocycles. The maximum absolute atomic E-state index is 12.6. The first kappa shape index (κ1) is 15.6. The Kier molecular flexibility index (Phi) is 5.07. The molecule has 1 saturated heterocycles. The molecule has 1 aliphatic heterocycles. The van der Waals surface area contributed by atoms with Gasteiger partial charge in [0.2, 0.25) is 0 Å². The first-order valence-electron chi connectivity index (χ1n) is 7.35. The number of likely N-dealkylation sites (tertiary alicyclic amines) is 1. The molecule has 0 bridgehead atoms. The number of hydrogen-bond acceptors (Lipinski definition) is 4. The monoisotopic (exact) mass is 293 g/mol. The number of aliphatic hydroxyl groups excluding tert-OH is 1. The molecule has 0 saturated carbocycles. The van der Waals surface area contributed by atoms with Gasteiger partial charge in [-0.05, 0) is 37.5 Å². The predicted octanol–water partition coefficient (Wildman–Crippen LogP) is 1.94. The maximum Gasteiger partial charge on any atom is 0.254 e. The van der Waals surface area contributed by atoms with Crippen LogP contribution < -0.4 is 9.47 Å². The van der Waals surface area contributed by atoms with Gasteiger partial charge >= 0.3 is 0 Å². The molecule has 0 aromatic heterocycles. The second kappa shape index (κ2) is 6.80. The predicted molar refractivity (Wildman–Crippen MR) is 79.9 cm³/mol. The maximum atomic E-state index is 12.6. The number of rotatable bonds is 5. The van der Waals surface area contributed by atoms with Gasteiger partial charge in [-0.2, -0.15) is 0 Å². The fraction of sp³-hybridized carbons (Fsp3) is 0.562. The summed E-state index contributed by atoms with van der Waals surface area (Å²) in [7, 11) is 1.57. The van der Waals surface area contributed by atoms with Crippen LogP contribution in [0.4, 0.5) is 0 Å². The van der Waals surface area contributed by atoms with Crippen LogP contribution in [0, 0.1) is 5.92 Å². The number of amides is 1. The molecule has 1 N–H and O–H groups in total. The van der Waals surface area contributed by atoms with Crippen LogP contribution in [0.1, 0.15) is 30.6 Å². The molecule has 5 heteroatoms. The minimum atomic E-state index is -0.102. The number of nitrogens with zero attached hydrogens (tertiary/aromatic N) is 1. The van der Waals surface area contributed by atoms with E-state index in [4.69, 9.17) is 9.47 Å². The highest BCUT2D eigenvalue weighted by Gasteiger charge is 2.34.